The highest BCUT2D eigenvalue weighted by Gasteiger charge is 2.51. The number of hydrogen-bond donors (Lipinski definition) is 2. The highest BCUT2D eigenvalue weighted by molar-refractivity contribution is 6.09. The van der Waals surface area contributed by atoms with Crippen LogP contribution in [-0.4, -0.2) is 36.1 Å². The Morgan fingerprint density at radius 1 is 1.19 bits per heavy atom. The smallest absolute Gasteiger partial charge is 0.325 e. The van der Waals surface area contributed by atoms with Crippen LogP contribution in [0.4, 0.5) is 9.18 Å². The fourth-order valence-corrected chi connectivity index (χ4v) is 3.84. The third kappa shape index (κ3) is 3.67. The molecule has 0 bridgehead atoms. The molecule has 2 N–H and O–H groups in total. The number of amides is 4. The minimum absolute atomic E-state index is 0.152. The van der Waals surface area contributed by atoms with Crippen LogP contribution in [0, 0.1) is 5.82 Å². The molecule has 2 aromatic rings. The van der Waals surface area contributed by atoms with E-state index in [9.17, 15) is 18.8 Å². The van der Waals surface area contributed by atoms with Crippen LogP contribution in [0.15, 0.2) is 42.5 Å². The number of urea groups is 1. The number of fused-ring (bicyclic) bond motifs is 1. The van der Waals surface area contributed by atoms with Gasteiger partial charge in [-0.05, 0) is 48.7 Å². The third-order valence-corrected chi connectivity index (χ3v) is 5.62. The number of ether oxygens (including phenoxy) is 2. The number of nitrogens with one attached hydrogen (secondary N) is 2. The molecule has 2 unspecified atom stereocenters. The molecule has 1 fully saturated rings. The van der Waals surface area contributed by atoms with Gasteiger partial charge in [0.15, 0.2) is 11.5 Å². The van der Waals surface area contributed by atoms with E-state index in [1.54, 1.807) is 26.0 Å². The van der Waals surface area contributed by atoms with Crippen LogP contribution in [-0.2, 0) is 15.1 Å². The van der Waals surface area contributed by atoms with Gasteiger partial charge in [0, 0.05) is 0 Å². The van der Waals surface area contributed by atoms with Crippen molar-refractivity contribution in [1.82, 2.24) is 15.5 Å². The lowest BCUT2D eigenvalue weighted by molar-refractivity contribution is -0.135. The number of nitrogens with zero attached hydrogens (tertiary/aromatic N) is 1. The summed E-state index contributed by atoms with van der Waals surface area (Å²) >= 11 is 0. The van der Waals surface area contributed by atoms with Crippen molar-refractivity contribution >= 4 is 17.8 Å². The number of carbonyl (C=O) groups excluding carboxylic acids is 3. The summed E-state index contributed by atoms with van der Waals surface area (Å²) in [5, 5.41) is 5.47. The molecule has 4 rings (SSSR count). The molecular weight excluding hydrogens is 405 g/mol. The summed E-state index contributed by atoms with van der Waals surface area (Å²) in [6.45, 7) is 3.25. The maximum Gasteiger partial charge on any atom is 0.325 e. The number of benzene rings is 2. The normalized spacial score (nSPS) is 20.5. The average Bonchev–Trinajstić information content (AvgIpc) is 3.32. The number of carbonyl (C=O) groups is 3. The second-order valence-corrected chi connectivity index (χ2v) is 7.49. The predicted octanol–water partition coefficient (Wildman–Crippen LogP) is 2.59. The summed E-state index contributed by atoms with van der Waals surface area (Å²) in [5.74, 6) is -0.240. The molecule has 2 aromatic carbocycles. The molecule has 31 heavy (non-hydrogen) atoms. The van der Waals surface area contributed by atoms with Gasteiger partial charge in [0.2, 0.25) is 12.7 Å². The van der Waals surface area contributed by atoms with E-state index in [1.165, 1.54) is 24.3 Å². The molecule has 2 aliphatic heterocycles. The molecule has 2 heterocycles. The van der Waals surface area contributed by atoms with Crippen molar-refractivity contribution in [3.8, 4) is 11.5 Å². The van der Waals surface area contributed by atoms with E-state index >= 15 is 0 Å². The zero-order valence-corrected chi connectivity index (χ0v) is 17.1. The molecule has 4 amide bonds. The van der Waals surface area contributed by atoms with Crippen molar-refractivity contribution < 1.29 is 28.2 Å². The maximum atomic E-state index is 13.3. The van der Waals surface area contributed by atoms with Crippen molar-refractivity contribution in [2.45, 2.75) is 31.8 Å². The van der Waals surface area contributed by atoms with E-state index in [-0.39, 0.29) is 19.3 Å². The average molecular weight is 427 g/mol. The van der Waals surface area contributed by atoms with E-state index < -0.39 is 35.7 Å². The van der Waals surface area contributed by atoms with Crippen LogP contribution < -0.4 is 20.1 Å². The molecule has 1 saturated heterocycles. The summed E-state index contributed by atoms with van der Waals surface area (Å²) in [5.41, 5.74) is -0.0658. The molecular formula is C22H22FN3O5. The fraction of sp³-hybridized carbons (Fsp3) is 0.318. The van der Waals surface area contributed by atoms with E-state index in [0.717, 1.165) is 10.5 Å². The van der Waals surface area contributed by atoms with Gasteiger partial charge >= 0.3 is 6.03 Å². The first-order chi connectivity index (χ1) is 14.8. The first-order valence-electron chi connectivity index (χ1n) is 9.93. The standard InChI is InChI=1S/C22H22FN3O5/c1-3-22(15-5-7-16(23)8-6-15)20(28)26(21(29)25-22)11-19(27)24-13(2)14-4-9-17-18(10-14)31-12-30-17/h4-10,13H,3,11-12H2,1-2H3,(H,24,27)(H,25,29). The molecule has 2 aliphatic rings. The Balaban J connectivity index is 1.46. The van der Waals surface area contributed by atoms with Gasteiger partial charge in [0.25, 0.3) is 5.91 Å². The number of hydrogen-bond acceptors (Lipinski definition) is 5. The molecule has 0 spiro atoms. The molecule has 8 nitrogen and oxygen atoms in total. The summed E-state index contributed by atoms with van der Waals surface area (Å²) in [7, 11) is 0. The van der Waals surface area contributed by atoms with Crippen LogP contribution >= 0.6 is 0 Å². The summed E-state index contributed by atoms with van der Waals surface area (Å²) < 4.78 is 23.9. The van der Waals surface area contributed by atoms with Gasteiger partial charge in [-0.3, -0.25) is 14.5 Å². The van der Waals surface area contributed by atoms with Crippen LogP contribution in [0.5, 0.6) is 11.5 Å². The molecule has 162 valence electrons. The Hall–Kier alpha value is -3.62. The SMILES string of the molecule is CCC1(c2ccc(F)cc2)NC(=O)N(CC(=O)NC(C)c2ccc3c(c2)OCO3)C1=O. The van der Waals surface area contributed by atoms with Crippen molar-refractivity contribution in [2.24, 2.45) is 0 Å². The summed E-state index contributed by atoms with van der Waals surface area (Å²) in [6, 6.07) is 9.68. The zero-order chi connectivity index (χ0) is 22.2. The molecule has 0 aromatic heterocycles. The minimum atomic E-state index is -1.33. The lowest BCUT2D eigenvalue weighted by Crippen LogP contribution is -2.45. The second kappa shape index (κ2) is 7.90. The highest BCUT2D eigenvalue weighted by atomic mass is 19.1. The van der Waals surface area contributed by atoms with Gasteiger partial charge in [0.05, 0.1) is 6.04 Å². The molecule has 9 heteroatoms. The summed E-state index contributed by atoms with van der Waals surface area (Å²) in [4.78, 5) is 39.1. The summed E-state index contributed by atoms with van der Waals surface area (Å²) in [6.07, 6.45) is 0.259. The Morgan fingerprint density at radius 3 is 2.61 bits per heavy atom. The molecule has 2 atom stereocenters. The van der Waals surface area contributed by atoms with Gasteiger partial charge in [-0.25, -0.2) is 9.18 Å². The second-order valence-electron chi connectivity index (χ2n) is 7.49. The zero-order valence-electron chi connectivity index (χ0n) is 17.1. The number of imide groups is 1. The van der Waals surface area contributed by atoms with Gasteiger partial charge in [-0.1, -0.05) is 25.1 Å². The number of halogens is 1. The topological polar surface area (TPSA) is 97.0 Å². The van der Waals surface area contributed by atoms with Crippen LogP contribution in [0.3, 0.4) is 0 Å². The van der Waals surface area contributed by atoms with Gasteiger partial charge < -0.3 is 20.1 Å². The first kappa shape index (κ1) is 20.6. The predicted molar refractivity (Wildman–Crippen MR) is 108 cm³/mol. The minimum Gasteiger partial charge on any atom is -0.454 e. The van der Waals surface area contributed by atoms with Crippen LogP contribution in [0.25, 0.3) is 0 Å². The molecule has 0 saturated carbocycles. The van der Waals surface area contributed by atoms with Crippen molar-refractivity contribution in [3.05, 3.63) is 59.4 Å². The first-order valence-corrected chi connectivity index (χ1v) is 9.93. The fourth-order valence-electron chi connectivity index (χ4n) is 3.84. The Labute approximate surface area is 178 Å². The molecule has 0 radical (unpaired) electrons. The molecule has 0 aliphatic carbocycles. The quantitative estimate of drug-likeness (QED) is 0.691. The van der Waals surface area contributed by atoms with E-state index in [4.69, 9.17) is 9.47 Å². The van der Waals surface area contributed by atoms with Gasteiger partial charge in [0.1, 0.15) is 17.9 Å². The van der Waals surface area contributed by atoms with Crippen LogP contribution in [0.1, 0.15) is 37.4 Å². The van der Waals surface area contributed by atoms with Crippen molar-refractivity contribution in [1.29, 1.82) is 0 Å². The monoisotopic (exact) mass is 427 g/mol. The van der Waals surface area contributed by atoms with Crippen molar-refractivity contribution in [2.75, 3.05) is 13.3 Å². The van der Waals surface area contributed by atoms with Crippen molar-refractivity contribution in [3.63, 3.8) is 0 Å². The van der Waals surface area contributed by atoms with Crippen LogP contribution in [0.2, 0.25) is 0 Å². The maximum absolute atomic E-state index is 13.3. The Kier molecular flexibility index (Phi) is 5.26. The Bertz CT molecular complexity index is 1040. The third-order valence-electron chi connectivity index (χ3n) is 5.62. The lowest BCUT2D eigenvalue weighted by Gasteiger charge is -2.25. The number of rotatable bonds is 6. The van der Waals surface area contributed by atoms with E-state index in [2.05, 4.69) is 10.6 Å². The largest absolute Gasteiger partial charge is 0.454 e. The van der Waals surface area contributed by atoms with E-state index in [0.29, 0.717) is 17.1 Å². The van der Waals surface area contributed by atoms with E-state index in [1.807, 2.05) is 6.07 Å². The van der Waals surface area contributed by atoms with Gasteiger partial charge in [-0.2, -0.15) is 0 Å². The highest BCUT2D eigenvalue weighted by Crippen LogP contribution is 2.34. The lowest BCUT2D eigenvalue weighted by atomic mass is 9.87. The van der Waals surface area contributed by atoms with Gasteiger partial charge in [-0.15, -0.1) is 0 Å². The Morgan fingerprint density at radius 2 is 1.90 bits per heavy atom.